The summed E-state index contributed by atoms with van der Waals surface area (Å²) >= 11 is 19.0. The Balaban J connectivity index is 1.48. The van der Waals surface area contributed by atoms with Crippen molar-refractivity contribution in [3.63, 3.8) is 0 Å². The fraction of sp³-hybridized carbons (Fsp3) is 0.520. The van der Waals surface area contributed by atoms with Gasteiger partial charge in [-0.3, -0.25) is 9.36 Å². The third-order valence-corrected chi connectivity index (χ3v) is 8.30. The van der Waals surface area contributed by atoms with Gasteiger partial charge in [0.1, 0.15) is 5.52 Å². The molecule has 9 nitrogen and oxygen atoms in total. The van der Waals surface area contributed by atoms with Crippen LogP contribution < -0.4 is 16.4 Å². The highest BCUT2D eigenvalue weighted by Crippen LogP contribution is 2.40. The number of primary amides is 1. The maximum atomic E-state index is 11.8. The van der Waals surface area contributed by atoms with E-state index in [9.17, 15) is 4.79 Å². The first-order valence-corrected chi connectivity index (χ1v) is 13.7. The summed E-state index contributed by atoms with van der Waals surface area (Å²) in [6, 6.07) is 3.61. The van der Waals surface area contributed by atoms with Crippen molar-refractivity contribution in [2.45, 2.75) is 69.6 Å². The first kappa shape index (κ1) is 26.3. The van der Waals surface area contributed by atoms with Crippen molar-refractivity contribution in [1.29, 1.82) is 0 Å². The summed E-state index contributed by atoms with van der Waals surface area (Å²) in [5.74, 6) is 0.755. The van der Waals surface area contributed by atoms with E-state index in [2.05, 4.69) is 20.2 Å². The van der Waals surface area contributed by atoms with Crippen LogP contribution in [0.25, 0.3) is 11.2 Å². The van der Waals surface area contributed by atoms with Crippen LogP contribution in [0.5, 0.6) is 0 Å². The molecule has 4 N–H and O–H groups in total. The van der Waals surface area contributed by atoms with Gasteiger partial charge in [0.15, 0.2) is 5.65 Å². The molecule has 37 heavy (non-hydrogen) atoms. The van der Waals surface area contributed by atoms with Gasteiger partial charge in [0, 0.05) is 30.1 Å². The van der Waals surface area contributed by atoms with Crippen LogP contribution in [0.2, 0.25) is 15.1 Å². The van der Waals surface area contributed by atoms with Crippen LogP contribution in [0.4, 0.5) is 17.6 Å². The van der Waals surface area contributed by atoms with E-state index in [-0.39, 0.29) is 23.9 Å². The summed E-state index contributed by atoms with van der Waals surface area (Å²) in [5, 5.41) is 8.01. The van der Waals surface area contributed by atoms with Crippen molar-refractivity contribution < 1.29 is 9.53 Å². The van der Waals surface area contributed by atoms with Crippen LogP contribution in [0.1, 0.15) is 57.4 Å². The molecule has 2 aliphatic carbocycles. The van der Waals surface area contributed by atoms with Crippen LogP contribution in [-0.4, -0.2) is 44.7 Å². The first-order chi connectivity index (χ1) is 17.8. The highest BCUT2D eigenvalue weighted by Gasteiger charge is 2.30. The topological polar surface area (TPSA) is 120 Å². The van der Waals surface area contributed by atoms with Crippen molar-refractivity contribution in [3.8, 4) is 0 Å². The van der Waals surface area contributed by atoms with Gasteiger partial charge in [0.25, 0.3) is 0 Å². The molecule has 0 unspecified atom stereocenters. The normalized spacial score (nSPS) is 24.2. The van der Waals surface area contributed by atoms with Crippen molar-refractivity contribution in [3.05, 3.63) is 33.4 Å². The third-order valence-electron chi connectivity index (χ3n) is 7.48. The number of ether oxygens (including phenoxy) is 1. The number of imidazole rings is 1. The zero-order chi connectivity index (χ0) is 26.1. The Morgan fingerprint density at radius 1 is 1.03 bits per heavy atom. The average molecular weight is 567 g/mol. The number of carbonyl (C=O) groups excluding carboxylic acids is 1. The summed E-state index contributed by atoms with van der Waals surface area (Å²) in [5.41, 5.74) is 7.44. The first-order valence-electron chi connectivity index (χ1n) is 12.6. The van der Waals surface area contributed by atoms with Crippen LogP contribution >= 0.6 is 34.8 Å². The number of hydrogen-bond donors (Lipinski definition) is 3. The Morgan fingerprint density at radius 3 is 2.32 bits per heavy atom. The van der Waals surface area contributed by atoms with Gasteiger partial charge < -0.3 is 21.1 Å². The number of nitrogens with two attached hydrogens (primary N) is 1. The Hall–Kier alpha value is -2.33. The van der Waals surface area contributed by atoms with E-state index in [1.807, 2.05) is 0 Å². The molecule has 0 saturated heterocycles. The minimum Gasteiger partial charge on any atom is -0.381 e. The van der Waals surface area contributed by atoms with Crippen molar-refractivity contribution >= 4 is 69.5 Å². The van der Waals surface area contributed by atoms with Gasteiger partial charge in [-0.15, -0.1) is 0 Å². The summed E-state index contributed by atoms with van der Waals surface area (Å²) in [6.07, 6.45) is 9.01. The van der Waals surface area contributed by atoms with Gasteiger partial charge in [-0.1, -0.05) is 34.8 Å². The third kappa shape index (κ3) is 5.74. The summed E-state index contributed by atoms with van der Waals surface area (Å²) in [7, 11) is 1.77. The molecule has 1 aromatic carbocycles. The number of methoxy groups -OCH3 is 1. The molecule has 0 radical (unpaired) electrons. The Labute approximate surface area is 230 Å². The van der Waals surface area contributed by atoms with Gasteiger partial charge >= 0.3 is 0 Å². The number of nitrogens with zero attached hydrogens (tertiary/aromatic N) is 4. The lowest BCUT2D eigenvalue weighted by molar-refractivity contribution is -0.122. The average Bonchev–Trinajstić information content (AvgIpc) is 3.24. The molecule has 3 aromatic rings. The molecule has 12 heteroatoms. The second-order valence-electron chi connectivity index (χ2n) is 9.84. The quantitative estimate of drug-likeness (QED) is 0.315. The summed E-state index contributed by atoms with van der Waals surface area (Å²) in [6.45, 7) is 0. The SMILES string of the molecule is COC1CCC(Nc2ncc3nc(Nc4c(Cl)cc(Cl)cc4Cl)n([C@H]4CC[C@@H](C(N)=O)CC4)c3n2)CC1. The van der Waals surface area contributed by atoms with E-state index in [4.69, 9.17) is 55.2 Å². The molecule has 2 heterocycles. The lowest BCUT2D eigenvalue weighted by atomic mass is 9.85. The van der Waals surface area contributed by atoms with E-state index in [1.165, 1.54) is 0 Å². The highest BCUT2D eigenvalue weighted by atomic mass is 35.5. The van der Waals surface area contributed by atoms with Crippen LogP contribution in [-0.2, 0) is 9.53 Å². The van der Waals surface area contributed by atoms with Crippen LogP contribution in [0.15, 0.2) is 18.3 Å². The maximum Gasteiger partial charge on any atom is 0.224 e. The van der Waals surface area contributed by atoms with Gasteiger partial charge in [0.2, 0.25) is 17.8 Å². The fourth-order valence-electron chi connectivity index (χ4n) is 5.41. The number of nitrogens with one attached hydrogen (secondary N) is 2. The lowest BCUT2D eigenvalue weighted by Crippen LogP contribution is -2.30. The smallest absolute Gasteiger partial charge is 0.224 e. The molecule has 5 rings (SSSR count). The molecule has 2 saturated carbocycles. The number of carbonyl (C=O) groups is 1. The van der Waals surface area contributed by atoms with E-state index < -0.39 is 0 Å². The van der Waals surface area contributed by atoms with E-state index in [0.717, 1.165) is 38.5 Å². The number of halogens is 3. The molecule has 198 valence electrons. The Morgan fingerprint density at radius 2 is 1.70 bits per heavy atom. The van der Waals surface area contributed by atoms with Crippen LogP contribution in [0.3, 0.4) is 0 Å². The van der Waals surface area contributed by atoms with E-state index in [0.29, 0.717) is 62.8 Å². The monoisotopic (exact) mass is 565 g/mol. The second kappa shape index (κ2) is 11.2. The molecule has 2 aliphatic rings. The second-order valence-corrected chi connectivity index (χ2v) is 11.1. The van der Waals surface area contributed by atoms with Crippen molar-refractivity contribution in [2.24, 2.45) is 11.7 Å². The van der Waals surface area contributed by atoms with Gasteiger partial charge in [-0.2, -0.15) is 4.98 Å². The molecule has 0 bridgehead atoms. The molecule has 1 amide bonds. The van der Waals surface area contributed by atoms with Crippen LogP contribution in [0, 0.1) is 5.92 Å². The van der Waals surface area contributed by atoms with Gasteiger partial charge in [-0.25, -0.2) is 9.97 Å². The van der Waals surface area contributed by atoms with E-state index >= 15 is 0 Å². The number of anilines is 3. The molecule has 0 spiro atoms. The molecular weight excluding hydrogens is 537 g/mol. The minimum atomic E-state index is -0.246. The lowest BCUT2D eigenvalue weighted by Gasteiger charge is -2.29. The number of aromatic nitrogens is 4. The molecular formula is C25H30Cl3N7O2. The van der Waals surface area contributed by atoms with Crippen molar-refractivity contribution in [1.82, 2.24) is 19.5 Å². The van der Waals surface area contributed by atoms with E-state index in [1.54, 1.807) is 25.4 Å². The van der Waals surface area contributed by atoms with Crippen molar-refractivity contribution in [2.75, 3.05) is 17.7 Å². The fourth-order valence-corrected chi connectivity index (χ4v) is 6.32. The number of amides is 1. The number of rotatable bonds is 7. The molecule has 0 aliphatic heterocycles. The zero-order valence-corrected chi connectivity index (χ0v) is 22.8. The Bertz CT molecular complexity index is 1260. The Kier molecular flexibility index (Phi) is 7.95. The number of hydrogen-bond acceptors (Lipinski definition) is 7. The minimum absolute atomic E-state index is 0.0628. The number of fused-ring (bicyclic) bond motifs is 1. The maximum absolute atomic E-state index is 11.8. The summed E-state index contributed by atoms with van der Waals surface area (Å²) in [4.78, 5) is 26.0. The standard InChI is InChI=1S/C25H30Cl3N7O2/c1-37-17-8-4-15(5-9-17)31-24-30-12-20-23(34-24)35(16-6-2-13(3-7-16)22(29)36)25(32-20)33-21-18(27)10-14(26)11-19(21)28/h10-13,15-17H,2-9H2,1H3,(H2,29,36)(H,32,33)(H,30,31,34)/t13-,15?,16+,17?. The van der Waals surface area contributed by atoms with Gasteiger partial charge in [0.05, 0.1) is 28.0 Å². The predicted molar refractivity (Wildman–Crippen MR) is 147 cm³/mol. The van der Waals surface area contributed by atoms with Gasteiger partial charge in [-0.05, 0) is 63.5 Å². The molecule has 2 fully saturated rings. The predicted octanol–water partition coefficient (Wildman–Crippen LogP) is 6.12. The number of benzene rings is 1. The highest BCUT2D eigenvalue weighted by molar-refractivity contribution is 6.41. The molecule has 2 aromatic heterocycles. The molecule has 0 atom stereocenters. The largest absolute Gasteiger partial charge is 0.381 e. The summed E-state index contributed by atoms with van der Waals surface area (Å²) < 4.78 is 7.57. The zero-order valence-electron chi connectivity index (χ0n) is 20.5.